The van der Waals surface area contributed by atoms with E-state index in [2.05, 4.69) is 9.47 Å². The molecule has 0 bridgehead atoms. The minimum Gasteiger partial charge on any atom is -0.335 e. The number of rotatable bonds is 1. The Morgan fingerprint density at radius 3 is 2.78 bits per heavy atom. The number of fused-ring (bicyclic) bond motifs is 4. The maximum absolute atomic E-state index is 13.7. The van der Waals surface area contributed by atoms with E-state index in [9.17, 15) is 4.79 Å². The summed E-state index contributed by atoms with van der Waals surface area (Å²) in [6, 6.07) is 2.41. The lowest BCUT2D eigenvalue weighted by atomic mass is 9.78. The number of pyridine rings is 1. The Balaban J connectivity index is 1.56. The molecular formula is C22H30N4O. The third-order valence-corrected chi connectivity index (χ3v) is 6.93. The predicted octanol–water partition coefficient (Wildman–Crippen LogP) is 4.26. The zero-order chi connectivity index (χ0) is 18.4. The highest BCUT2D eigenvalue weighted by Gasteiger charge is 2.37. The van der Waals surface area contributed by atoms with Crippen molar-refractivity contribution in [2.75, 3.05) is 6.54 Å². The largest absolute Gasteiger partial charge is 0.335 e. The van der Waals surface area contributed by atoms with E-state index in [0.29, 0.717) is 12.0 Å². The monoisotopic (exact) mass is 366 g/mol. The molecule has 2 aromatic heterocycles. The molecule has 5 nitrogen and oxygen atoms in total. The highest BCUT2D eigenvalue weighted by atomic mass is 16.2. The average molecular weight is 367 g/mol. The first-order valence-electron chi connectivity index (χ1n) is 10.9. The molecule has 2 atom stereocenters. The molecule has 2 aliphatic heterocycles. The predicted molar refractivity (Wildman–Crippen MR) is 106 cm³/mol. The Morgan fingerprint density at radius 1 is 1.00 bits per heavy atom. The van der Waals surface area contributed by atoms with Gasteiger partial charge in [-0.05, 0) is 57.4 Å². The van der Waals surface area contributed by atoms with Crippen LogP contribution in [0.15, 0.2) is 6.07 Å². The van der Waals surface area contributed by atoms with Crippen LogP contribution in [0.2, 0.25) is 0 Å². The maximum Gasteiger partial charge on any atom is 0.256 e. The number of imidazole rings is 1. The van der Waals surface area contributed by atoms with Crippen molar-refractivity contribution >= 4 is 17.1 Å². The molecule has 5 heteroatoms. The molecule has 0 radical (unpaired) electrons. The van der Waals surface area contributed by atoms with Crippen LogP contribution in [0.4, 0.5) is 0 Å². The van der Waals surface area contributed by atoms with Crippen molar-refractivity contribution in [2.45, 2.75) is 83.7 Å². The number of hydrogen-bond acceptors (Lipinski definition) is 3. The fraction of sp³-hybridized carbons (Fsp3) is 0.682. The molecule has 2 fully saturated rings. The summed E-state index contributed by atoms with van der Waals surface area (Å²) in [4.78, 5) is 25.6. The van der Waals surface area contributed by atoms with Gasteiger partial charge in [0.15, 0.2) is 5.65 Å². The van der Waals surface area contributed by atoms with Crippen LogP contribution < -0.4 is 0 Å². The summed E-state index contributed by atoms with van der Waals surface area (Å²) in [5.74, 6) is 2.01. The molecule has 1 amide bonds. The second-order valence-electron chi connectivity index (χ2n) is 8.73. The van der Waals surface area contributed by atoms with Gasteiger partial charge in [0.05, 0.1) is 5.56 Å². The number of aryl methyl sites for hydroxylation is 3. The smallest absolute Gasteiger partial charge is 0.256 e. The van der Waals surface area contributed by atoms with Crippen molar-refractivity contribution in [3.05, 3.63) is 23.1 Å². The molecule has 27 heavy (non-hydrogen) atoms. The molecule has 5 rings (SSSR count). The third kappa shape index (κ3) is 2.95. The van der Waals surface area contributed by atoms with E-state index in [1.807, 2.05) is 13.0 Å². The number of likely N-dealkylation sites (tertiary alicyclic amines) is 1. The van der Waals surface area contributed by atoms with E-state index < -0.39 is 0 Å². The van der Waals surface area contributed by atoms with Gasteiger partial charge in [0.25, 0.3) is 5.91 Å². The summed E-state index contributed by atoms with van der Waals surface area (Å²) in [5.41, 5.74) is 3.46. The van der Waals surface area contributed by atoms with Crippen LogP contribution in [-0.4, -0.2) is 37.9 Å². The summed E-state index contributed by atoms with van der Waals surface area (Å²) in [7, 11) is 0. The third-order valence-electron chi connectivity index (χ3n) is 6.93. The SMILES string of the molecule is Cc1cc(C(=O)N2CCCC3CCCCC32)c2nc3n(c2n1)CCCCC3. The minimum absolute atomic E-state index is 0.190. The van der Waals surface area contributed by atoms with E-state index in [1.54, 1.807) is 0 Å². The van der Waals surface area contributed by atoms with Crippen LogP contribution in [0, 0.1) is 12.8 Å². The maximum atomic E-state index is 13.7. The molecule has 1 saturated heterocycles. The van der Waals surface area contributed by atoms with Crippen molar-refractivity contribution < 1.29 is 4.79 Å². The van der Waals surface area contributed by atoms with Crippen molar-refractivity contribution in [2.24, 2.45) is 5.92 Å². The lowest BCUT2D eigenvalue weighted by molar-refractivity contribution is 0.0392. The number of carbonyl (C=O) groups is 1. The van der Waals surface area contributed by atoms with E-state index in [0.717, 1.165) is 54.2 Å². The lowest BCUT2D eigenvalue weighted by Gasteiger charge is -2.44. The van der Waals surface area contributed by atoms with Crippen LogP contribution in [0.25, 0.3) is 11.2 Å². The van der Waals surface area contributed by atoms with Gasteiger partial charge in [-0.1, -0.05) is 19.3 Å². The Hall–Kier alpha value is -1.91. The average Bonchev–Trinajstić information content (AvgIpc) is 2.87. The topological polar surface area (TPSA) is 51.0 Å². The number of piperidine rings is 1. The molecule has 2 aromatic rings. The molecule has 1 aliphatic carbocycles. The van der Waals surface area contributed by atoms with Crippen molar-refractivity contribution in [1.82, 2.24) is 19.4 Å². The number of amides is 1. The lowest BCUT2D eigenvalue weighted by Crippen LogP contribution is -2.49. The van der Waals surface area contributed by atoms with E-state index >= 15 is 0 Å². The standard InChI is InChI=1S/C22H30N4O/c1-15-14-17(20-21(23-15)26-12-6-2-3-11-19(26)24-20)22(27)25-13-7-9-16-8-4-5-10-18(16)25/h14,16,18H,2-13H2,1H3. The molecule has 0 aromatic carbocycles. The van der Waals surface area contributed by atoms with Crippen molar-refractivity contribution in [3.63, 3.8) is 0 Å². The van der Waals surface area contributed by atoms with Crippen molar-refractivity contribution in [3.8, 4) is 0 Å². The van der Waals surface area contributed by atoms with Crippen LogP contribution in [0.1, 0.15) is 79.7 Å². The van der Waals surface area contributed by atoms with Crippen LogP contribution >= 0.6 is 0 Å². The first kappa shape index (κ1) is 17.2. The first-order chi connectivity index (χ1) is 13.2. The molecule has 2 unspecified atom stereocenters. The van der Waals surface area contributed by atoms with Gasteiger partial charge in [-0.15, -0.1) is 0 Å². The van der Waals surface area contributed by atoms with E-state index in [1.165, 1.54) is 51.4 Å². The Labute approximate surface area is 161 Å². The normalized spacial score (nSPS) is 25.7. The van der Waals surface area contributed by atoms with Gasteiger partial charge in [0.1, 0.15) is 11.3 Å². The van der Waals surface area contributed by atoms with Crippen molar-refractivity contribution in [1.29, 1.82) is 0 Å². The van der Waals surface area contributed by atoms with Gasteiger partial charge in [0, 0.05) is 31.2 Å². The summed E-state index contributed by atoms with van der Waals surface area (Å²) in [6.07, 6.45) is 12.1. The summed E-state index contributed by atoms with van der Waals surface area (Å²) in [6.45, 7) is 3.88. The number of aromatic nitrogens is 3. The minimum atomic E-state index is 0.190. The van der Waals surface area contributed by atoms with Gasteiger partial charge >= 0.3 is 0 Å². The number of carbonyl (C=O) groups excluding carboxylic acids is 1. The molecule has 0 N–H and O–H groups in total. The Morgan fingerprint density at radius 2 is 1.85 bits per heavy atom. The number of nitrogens with zero attached hydrogens (tertiary/aromatic N) is 4. The fourth-order valence-corrected chi connectivity index (χ4v) is 5.61. The quantitative estimate of drug-likeness (QED) is 0.758. The van der Waals surface area contributed by atoms with E-state index in [-0.39, 0.29) is 5.91 Å². The summed E-state index contributed by atoms with van der Waals surface area (Å²) < 4.78 is 2.27. The van der Waals surface area contributed by atoms with Gasteiger partial charge in [-0.25, -0.2) is 9.97 Å². The molecule has 144 valence electrons. The zero-order valence-electron chi connectivity index (χ0n) is 16.4. The Bertz CT molecular complexity index is 869. The van der Waals surface area contributed by atoms with Gasteiger partial charge in [0.2, 0.25) is 0 Å². The Kier molecular flexibility index (Phi) is 4.41. The molecular weight excluding hydrogens is 336 g/mol. The van der Waals surface area contributed by atoms with Gasteiger partial charge in [-0.3, -0.25) is 4.79 Å². The van der Waals surface area contributed by atoms with Crippen LogP contribution in [-0.2, 0) is 13.0 Å². The molecule has 0 spiro atoms. The van der Waals surface area contributed by atoms with Gasteiger partial charge in [-0.2, -0.15) is 0 Å². The molecule has 4 heterocycles. The second-order valence-corrected chi connectivity index (χ2v) is 8.73. The van der Waals surface area contributed by atoms with Gasteiger partial charge < -0.3 is 9.47 Å². The number of hydrogen-bond donors (Lipinski definition) is 0. The zero-order valence-corrected chi connectivity index (χ0v) is 16.4. The second kappa shape index (κ2) is 6.92. The first-order valence-corrected chi connectivity index (χ1v) is 10.9. The fourth-order valence-electron chi connectivity index (χ4n) is 5.61. The highest BCUT2D eigenvalue weighted by Crippen LogP contribution is 2.36. The summed E-state index contributed by atoms with van der Waals surface area (Å²) in [5, 5.41) is 0. The highest BCUT2D eigenvalue weighted by molar-refractivity contribution is 6.04. The molecule has 1 saturated carbocycles. The van der Waals surface area contributed by atoms with Crippen LogP contribution in [0.5, 0.6) is 0 Å². The summed E-state index contributed by atoms with van der Waals surface area (Å²) >= 11 is 0. The van der Waals surface area contributed by atoms with Crippen LogP contribution in [0.3, 0.4) is 0 Å². The van der Waals surface area contributed by atoms with E-state index in [4.69, 9.17) is 9.97 Å². The molecule has 3 aliphatic rings.